The molecule has 1 heterocycles. The van der Waals surface area contributed by atoms with Crippen LogP contribution in [0.4, 0.5) is 5.69 Å². The van der Waals surface area contributed by atoms with Crippen LogP contribution in [0.1, 0.15) is 38.2 Å². The Labute approximate surface area is 122 Å². The monoisotopic (exact) mass is 291 g/mol. The van der Waals surface area contributed by atoms with Crippen molar-refractivity contribution in [2.24, 2.45) is 0 Å². The van der Waals surface area contributed by atoms with E-state index in [1.54, 1.807) is 0 Å². The third kappa shape index (κ3) is 2.92. The average molecular weight is 291 g/mol. The summed E-state index contributed by atoms with van der Waals surface area (Å²) in [6, 6.07) is 9.25. The first-order chi connectivity index (χ1) is 7.18. The van der Waals surface area contributed by atoms with Crippen molar-refractivity contribution in [1.82, 2.24) is 0 Å². The van der Waals surface area contributed by atoms with Gasteiger partial charge in [0.05, 0.1) is 0 Å². The maximum absolute atomic E-state index is 11.5. The predicted octanol–water partition coefficient (Wildman–Crippen LogP) is 2.73. The second-order valence-corrected chi connectivity index (χ2v) is 4.31. The van der Waals surface area contributed by atoms with E-state index in [4.69, 9.17) is 0 Å². The summed E-state index contributed by atoms with van der Waals surface area (Å²) in [7, 11) is 0. The van der Waals surface area contributed by atoms with Crippen LogP contribution < -0.4 is 4.90 Å². The molecule has 2 rings (SSSR count). The van der Waals surface area contributed by atoms with Gasteiger partial charge in [-0.3, -0.25) is 4.79 Å². The van der Waals surface area contributed by atoms with E-state index in [2.05, 4.69) is 26.0 Å². The van der Waals surface area contributed by atoms with Gasteiger partial charge in [0.15, 0.2) is 0 Å². The van der Waals surface area contributed by atoms with Crippen molar-refractivity contribution < 1.29 is 37.5 Å². The van der Waals surface area contributed by atoms with Crippen molar-refractivity contribution in [3.05, 3.63) is 29.8 Å². The van der Waals surface area contributed by atoms with E-state index in [9.17, 15) is 4.79 Å². The molecule has 1 aliphatic rings. The Morgan fingerprint density at radius 3 is 2.56 bits per heavy atom. The van der Waals surface area contributed by atoms with Crippen LogP contribution in [0.3, 0.4) is 0 Å². The Bertz CT molecular complexity index is 359. The number of carbonyl (C=O) groups excluding carboxylic acids is 1. The SMILES string of the molecule is CC(C)c1[c-]cc(N2CCCC2=O)cc1.[Y]. The fourth-order valence-electron chi connectivity index (χ4n) is 1.88. The second kappa shape index (κ2) is 5.93. The van der Waals surface area contributed by atoms with Crippen LogP contribution in [0.25, 0.3) is 0 Å². The largest absolute Gasteiger partial charge is 0.366 e. The first-order valence-electron chi connectivity index (χ1n) is 5.50. The zero-order valence-electron chi connectivity index (χ0n) is 9.86. The topological polar surface area (TPSA) is 20.3 Å². The number of hydrogen-bond donors (Lipinski definition) is 0. The first-order valence-corrected chi connectivity index (χ1v) is 5.50. The third-order valence-electron chi connectivity index (χ3n) is 2.83. The van der Waals surface area contributed by atoms with Crippen molar-refractivity contribution in [3.8, 4) is 0 Å². The molecule has 1 amide bonds. The number of carbonyl (C=O) groups is 1. The molecule has 16 heavy (non-hydrogen) atoms. The Morgan fingerprint density at radius 1 is 1.38 bits per heavy atom. The van der Waals surface area contributed by atoms with Gasteiger partial charge in [-0.05, 0) is 12.3 Å². The van der Waals surface area contributed by atoms with E-state index in [1.807, 2.05) is 17.0 Å². The maximum Gasteiger partial charge on any atom is 0.216 e. The van der Waals surface area contributed by atoms with Gasteiger partial charge in [-0.15, -0.1) is 6.07 Å². The number of anilines is 1. The van der Waals surface area contributed by atoms with E-state index < -0.39 is 0 Å². The standard InChI is InChI=1S/C13H16NO.Y/c1-10(2)11-5-7-12(8-6-11)14-9-3-4-13(14)15;/h5,7-8,10H,3-4,9H2,1-2H3;/q-1;. The van der Waals surface area contributed by atoms with Gasteiger partial charge in [0, 0.05) is 45.7 Å². The minimum Gasteiger partial charge on any atom is -0.366 e. The molecule has 1 fully saturated rings. The number of nitrogens with zero attached hydrogens (tertiary/aromatic N) is 1. The summed E-state index contributed by atoms with van der Waals surface area (Å²) >= 11 is 0. The summed E-state index contributed by atoms with van der Waals surface area (Å²) < 4.78 is 0. The molecule has 3 heteroatoms. The van der Waals surface area contributed by atoms with Gasteiger partial charge in [0.25, 0.3) is 0 Å². The zero-order chi connectivity index (χ0) is 10.8. The van der Waals surface area contributed by atoms with E-state index in [0.717, 1.165) is 18.7 Å². The van der Waals surface area contributed by atoms with Gasteiger partial charge in [0.1, 0.15) is 0 Å². The van der Waals surface area contributed by atoms with E-state index in [1.165, 1.54) is 5.56 Å². The minimum absolute atomic E-state index is 0. The number of amides is 1. The molecule has 0 atom stereocenters. The Morgan fingerprint density at radius 2 is 2.12 bits per heavy atom. The summed E-state index contributed by atoms with van der Waals surface area (Å²) in [5.41, 5.74) is 2.19. The Kier molecular flexibility index (Phi) is 5.13. The molecule has 0 N–H and O–H groups in total. The molecule has 0 aromatic heterocycles. The van der Waals surface area contributed by atoms with Crippen molar-refractivity contribution in [2.75, 3.05) is 11.4 Å². The minimum atomic E-state index is 0. The van der Waals surface area contributed by atoms with E-state index in [0.29, 0.717) is 12.3 Å². The average Bonchev–Trinajstić information content (AvgIpc) is 2.65. The molecule has 1 radical (unpaired) electrons. The third-order valence-corrected chi connectivity index (χ3v) is 2.83. The van der Waals surface area contributed by atoms with Crippen LogP contribution in [0.15, 0.2) is 18.2 Å². The normalized spacial score (nSPS) is 15.4. The molecule has 0 unspecified atom stereocenters. The fourth-order valence-corrected chi connectivity index (χ4v) is 1.88. The predicted molar refractivity (Wildman–Crippen MR) is 61.0 cm³/mol. The van der Waals surface area contributed by atoms with Crippen molar-refractivity contribution >= 4 is 11.6 Å². The van der Waals surface area contributed by atoms with Crippen LogP contribution in [0.2, 0.25) is 0 Å². The molecule has 1 aliphatic heterocycles. The zero-order valence-corrected chi connectivity index (χ0v) is 12.7. The number of benzene rings is 1. The van der Waals surface area contributed by atoms with Crippen molar-refractivity contribution in [1.29, 1.82) is 0 Å². The van der Waals surface area contributed by atoms with Gasteiger partial charge in [-0.25, -0.2) is 0 Å². The molecule has 0 spiro atoms. The van der Waals surface area contributed by atoms with Crippen LogP contribution in [0.5, 0.6) is 0 Å². The molecule has 1 aromatic carbocycles. The summed E-state index contributed by atoms with van der Waals surface area (Å²) in [6.45, 7) is 5.15. The summed E-state index contributed by atoms with van der Waals surface area (Å²) in [4.78, 5) is 13.4. The van der Waals surface area contributed by atoms with E-state index in [-0.39, 0.29) is 38.6 Å². The molecule has 83 valence electrons. The molecule has 2 nitrogen and oxygen atoms in total. The fraction of sp³-hybridized carbons (Fsp3) is 0.462. The number of hydrogen-bond acceptors (Lipinski definition) is 1. The number of rotatable bonds is 2. The van der Waals surface area contributed by atoms with Crippen molar-refractivity contribution in [3.63, 3.8) is 0 Å². The maximum atomic E-state index is 11.5. The van der Waals surface area contributed by atoms with Gasteiger partial charge in [0.2, 0.25) is 5.91 Å². The molecule has 0 aliphatic carbocycles. The molecule has 1 aromatic rings. The second-order valence-electron chi connectivity index (χ2n) is 4.31. The Balaban J connectivity index is 0.00000128. The van der Waals surface area contributed by atoms with Crippen LogP contribution >= 0.6 is 0 Å². The van der Waals surface area contributed by atoms with Gasteiger partial charge in [-0.1, -0.05) is 19.5 Å². The smallest absolute Gasteiger partial charge is 0.216 e. The first kappa shape index (κ1) is 13.9. The van der Waals surface area contributed by atoms with Crippen LogP contribution in [-0.2, 0) is 37.5 Å². The Hall–Kier alpha value is -0.206. The molecule has 0 saturated carbocycles. The van der Waals surface area contributed by atoms with E-state index >= 15 is 0 Å². The molecular weight excluding hydrogens is 275 g/mol. The molecular formula is C13H16NOY-. The molecule has 0 bridgehead atoms. The van der Waals surface area contributed by atoms with Crippen molar-refractivity contribution in [2.45, 2.75) is 32.6 Å². The quantitative estimate of drug-likeness (QED) is 0.767. The van der Waals surface area contributed by atoms with Gasteiger partial charge < -0.3 is 4.90 Å². The summed E-state index contributed by atoms with van der Waals surface area (Å²) in [5.74, 6) is 0.731. The van der Waals surface area contributed by atoms with Crippen LogP contribution in [0, 0.1) is 6.07 Å². The summed E-state index contributed by atoms with van der Waals surface area (Å²) in [6.07, 6.45) is 1.66. The molecule has 1 saturated heterocycles. The summed E-state index contributed by atoms with van der Waals surface area (Å²) in [5, 5.41) is 0. The van der Waals surface area contributed by atoms with Gasteiger partial charge in [-0.2, -0.15) is 23.8 Å². The van der Waals surface area contributed by atoms with Crippen LogP contribution in [-0.4, -0.2) is 12.5 Å². The van der Waals surface area contributed by atoms with Gasteiger partial charge >= 0.3 is 0 Å².